The lowest BCUT2D eigenvalue weighted by molar-refractivity contribution is -0.116. The van der Waals surface area contributed by atoms with Crippen molar-refractivity contribution in [3.05, 3.63) is 47.9 Å². The lowest BCUT2D eigenvalue weighted by atomic mass is 10.1. The van der Waals surface area contributed by atoms with Gasteiger partial charge in [0.2, 0.25) is 15.9 Å². The number of hydrogen-bond acceptors (Lipinski definition) is 4. The van der Waals surface area contributed by atoms with Crippen LogP contribution in [0.1, 0.15) is 49.8 Å². The number of furan rings is 1. The molecule has 6 nitrogen and oxygen atoms in total. The largest absolute Gasteiger partial charge is 0.468 e. The number of carbonyl (C=O) groups is 1. The molecule has 1 N–H and O–H groups in total. The van der Waals surface area contributed by atoms with Crippen molar-refractivity contribution >= 4 is 21.6 Å². The van der Waals surface area contributed by atoms with Crippen molar-refractivity contribution in [2.24, 2.45) is 0 Å². The molecule has 1 aromatic carbocycles. The fourth-order valence-electron chi connectivity index (χ4n) is 4.01. The van der Waals surface area contributed by atoms with Gasteiger partial charge in [-0.05, 0) is 61.6 Å². The maximum atomic E-state index is 13.5. The highest BCUT2D eigenvalue weighted by Crippen LogP contribution is 2.32. The quantitative estimate of drug-likeness (QED) is 0.847. The number of nitrogens with zero attached hydrogens (tertiary/aromatic N) is 1. The molecule has 144 valence electrons. The first kappa shape index (κ1) is 18.3. The third kappa shape index (κ3) is 3.80. The lowest BCUT2D eigenvalue weighted by Gasteiger charge is -2.27. The summed E-state index contributed by atoms with van der Waals surface area (Å²) in [6, 6.07) is 8.62. The van der Waals surface area contributed by atoms with Crippen LogP contribution < -0.4 is 5.32 Å². The van der Waals surface area contributed by atoms with Gasteiger partial charge in [-0.25, -0.2) is 8.42 Å². The van der Waals surface area contributed by atoms with Crippen LogP contribution in [0, 0.1) is 0 Å². The van der Waals surface area contributed by atoms with Crippen LogP contribution in [-0.2, 0) is 27.8 Å². The van der Waals surface area contributed by atoms with Crippen molar-refractivity contribution in [1.29, 1.82) is 0 Å². The minimum Gasteiger partial charge on any atom is -0.468 e. The van der Waals surface area contributed by atoms with Gasteiger partial charge in [-0.2, -0.15) is 4.31 Å². The molecule has 2 heterocycles. The second-order valence-corrected chi connectivity index (χ2v) is 9.18. The molecular formula is C20H24N2O4S. The molecule has 4 rings (SSSR count). The molecule has 0 spiro atoms. The van der Waals surface area contributed by atoms with Crippen molar-refractivity contribution in [2.75, 3.05) is 5.32 Å². The van der Waals surface area contributed by atoms with Crippen LogP contribution in [0.3, 0.4) is 0 Å². The van der Waals surface area contributed by atoms with E-state index in [0.717, 1.165) is 43.4 Å². The second kappa shape index (κ2) is 7.48. The SMILES string of the molecule is O=C1CCCc2cc(S(=O)(=O)N(Cc3ccco3)C3CCCC3)ccc2N1. The lowest BCUT2D eigenvalue weighted by Crippen LogP contribution is -2.38. The average Bonchev–Trinajstić information content (AvgIpc) is 3.31. The summed E-state index contributed by atoms with van der Waals surface area (Å²) in [7, 11) is -3.66. The number of aryl methyl sites for hydroxylation is 1. The average molecular weight is 388 g/mol. The molecule has 2 aliphatic rings. The number of amides is 1. The Morgan fingerprint density at radius 3 is 2.67 bits per heavy atom. The summed E-state index contributed by atoms with van der Waals surface area (Å²) >= 11 is 0. The molecule has 0 unspecified atom stereocenters. The van der Waals surface area contributed by atoms with E-state index in [2.05, 4.69) is 5.32 Å². The number of rotatable bonds is 5. The number of fused-ring (bicyclic) bond motifs is 1. The van der Waals surface area contributed by atoms with Gasteiger partial charge in [0.1, 0.15) is 5.76 Å². The van der Waals surface area contributed by atoms with E-state index in [1.807, 2.05) is 6.07 Å². The molecule has 1 saturated carbocycles. The van der Waals surface area contributed by atoms with E-state index in [1.165, 1.54) is 0 Å². The number of benzene rings is 1. The molecular weight excluding hydrogens is 364 g/mol. The molecule has 0 bridgehead atoms. The van der Waals surface area contributed by atoms with Gasteiger partial charge in [-0.1, -0.05) is 12.8 Å². The Balaban J connectivity index is 1.68. The Hall–Kier alpha value is -2.12. The van der Waals surface area contributed by atoms with Gasteiger partial charge >= 0.3 is 0 Å². The molecule has 0 atom stereocenters. The Morgan fingerprint density at radius 1 is 1.11 bits per heavy atom. The van der Waals surface area contributed by atoms with Crippen molar-refractivity contribution in [1.82, 2.24) is 4.31 Å². The minimum atomic E-state index is -3.66. The van der Waals surface area contributed by atoms with Crippen LogP contribution >= 0.6 is 0 Å². The van der Waals surface area contributed by atoms with Crippen LogP contribution in [-0.4, -0.2) is 24.7 Å². The fourth-order valence-corrected chi connectivity index (χ4v) is 5.71. The van der Waals surface area contributed by atoms with E-state index in [4.69, 9.17) is 4.42 Å². The summed E-state index contributed by atoms with van der Waals surface area (Å²) in [5.41, 5.74) is 1.60. The predicted octanol–water partition coefficient (Wildman–Crippen LogP) is 3.69. The third-order valence-electron chi connectivity index (χ3n) is 5.43. The summed E-state index contributed by atoms with van der Waals surface area (Å²) in [6.45, 7) is 0.244. The molecule has 0 radical (unpaired) electrons. The Kier molecular flexibility index (Phi) is 5.06. The molecule has 1 aliphatic heterocycles. The van der Waals surface area contributed by atoms with Gasteiger partial charge in [-0.15, -0.1) is 0 Å². The number of sulfonamides is 1. The number of carbonyl (C=O) groups excluding carboxylic acids is 1. The summed E-state index contributed by atoms with van der Waals surface area (Å²) in [4.78, 5) is 12.0. The molecule has 1 fully saturated rings. The first-order chi connectivity index (χ1) is 13.0. The highest BCUT2D eigenvalue weighted by Gasteiger charge is 2.34. The minimum absolute atomic E-state index is 0.00128. The molecule has 0 saturated heterocycles. The van der Waals surface area contributed by atoms with Crippen molar-refractivity contribution in [3.8, 4) is 0 Å². The summed E-state index contributed by atoms with van der Waals surface area (Å²) in [5.74, 6) is 0.627. The molecule has 1 aromatic heterocycles. The van der Waals surface area contributed by atoms with Crippen LogP contribution in [0.25, 0.3) is 0 Å². The van der Waals surface area contributed by atoms with Gasteiger partial charge in [-0.3, -0.25) is 4.79 Å². The fraction of sp³-hybridized carbons (Fsp3) is 0.450. The van der Waals surface area contributed by atoms with Gasteiger partial charge in [0.15, 0.2) is 0 Å². The highest BCUT2D eigenvalue weighted by atomic mass is 32.2. The Bertz CT molecular complexity index is 915. The first-order valence-electron chi connectivity index (χ1n) is 9.51. The maximum absolute atomic E-state index is 13.5. The summed E-state index contributed by atoms with van der Waals surface area (Å²) in [6.07, 6.45) is 7.29. The zero-order chi connectivity index (χ0) is 18.9. The standard InChI is InChI=1S/C20H24N2O4S/c23-20-9-3-5-15-13-18(10-11-19(15)21-20)27(24,25)22(16-6-1-2-7-16)14-17-8-4-12-26-17/h4,8,10-13,16H,1-3,5-7,9,14H2,(H,21,23). The van der Waals surface area contributed by atoms with Crippen molar-refractivity contribution in [2.45, 2.75) is 62.4 Å². The first-order valence-corrected chi connectivity index (χ1v) is 10.9. The van der Waals surface area contributed by atoms with E-state index in [0.29, 0.717) is 18.6 Å². The zero-order valence-electron chi connectivity index (χ0n) is 15.2. The molecule has 2 aromatic rings. The zero-order valence-corrected chi connectivity index (χ0v) is 16.0. The smallest absolute Gasteiger partial charge is 0.243 e. The van der Waals surface area contributed by atoms with Gasteiger partial charge < -0.3 is 9.73 Å². The van der Waals surface area contributed by atoms with Gasteiger partial charge in [0.25, 0.3) is 0 Å². The van der Waals surface area contributed by atoms with Crippen LogP contribution in [0.15, 0.2) is 45.9 Å². The van der Waals surface area contributed by atoms with E-state index in [9.17, 15) is 13.2 Å². The molecule has 1 aliphatic carbocycles. The van der Waals surface area contributed by atoms with E-state index in [-0.39, 0.29) is 23.4 Å². The normalized spacial score (nSPS) is 18.3. The van der Waals surface area contributed by atoms with Gasteiger partial charge in [0, 0.05) is 18.2 Å². The Morgan fingerprint density at radius 2 is 1.93 bits per heavy atom. The Labute approximate surface area is 159 Å². The number of nitrogens with one attached hydrogen (secondary N) is 1. The van der Waals surface area contributed by atoms with Crippen LogP contribution in [0.4, 0.5) is 5.69 Å². The van der Waals surface area contributed by atoms with Gasteiger partial charge in [0.05, 0.1) is 17.7 Å². The monoisotopic (exact) mass is 388 g/mol. The molecule has 27 heavy (non-hydrogen) atoms. The third-order valence-corrected chi connectivity index (χ3v) is 7.33. The highest BCUT2D eigenvalue weighted by molar-refractivity contribution is 7.89. The molecule has 7 heteroatoms. The molecule has 1 amide bonds. The maximum Gasteiger partial charge on any atom is 0.243 e. The topological polar surface area (TPSA) is 79.6 Å². The number of hydrogen-bond donors (Lipinski definition) is 1. The van der Waals surface area contributed by atoms with Crippen molar-refractivity contribution in [3.63, 3.8) is 0 Å². The van der Waals surface area contributed by atoms with Crippen LogP contribution in [0.2, 0.25) is 0 Å². The van der Waals surface area contributed by atoms with E-state index >= 15 is 0 Å². The van der Waals surface area contributed by atoms with Crippen molar-refractivity contribution < 1.29 is 17.6 Å². The predicted molar refractivity (Wildman–Crippen MR) is 102 cm³/mol. The van der Waals surface area contributed by atoms with E-state index < -0.39 is 10.0 Å². The van der Waals surface area contributed by atoms with E-state index in [1.54, 1.807) is 34.8 Å². The number of anilines is 1. The summed E-state index contributed by atoms with van der Waals surface area (Å²) in [5, 5.41) is 2.86. The van der Waals surface area contributed by atoms with Crippen LogP contribution in [0.5, 0.6) is 0 Å². The second-order valence-electron chi connectivity index (χ2n) is 7.29. The summed E-state index contributed by atoms with van der Waals surface area (Å²) < 4.78 is 34.0.